The summed E-state index contributed by atoms with van der Waals surface area (Å²) in [6, 6.07) is 11.7. The van der Waals surface area contributed by atoms with Gasteiger partial charge in [-0.1, -0.05) is 23.7 Å². The van der Waals surface area contributed by atoms with Gasteiger partial charge in [-0.15, -0.1) is 0 Å². The number of ether oxygens (including phenoxy) is 1. The van der Waals surface area contributed by atoms with E-state index in [1.54, 1.807) is 36.4 Å². The molecule has 0 saturated carbocycles. The minimum Gasteiger partial charge on any atom is -0.508 e. The van der Waals surface area contributed by atoms with Crippen LogP contribution in [0.25, 0.3) is 5.76 Å². The van der Waals surface area contributed by atoms with Crippen LogP contribution in [0.2, 0.25) is 5.02 Å². The zero-order chi connectivity index (χ0) is 19.6. The zero-order valence-electron chi connectivity index (χ0n) is 14.6. The third kappa shape index (κ3) is 3.67. The number of carbonyl (C=O) groups excluding carboxylic acids is 2. The Bertz CT molecular complexity index is 890. The van der Waals surface area contributed by atoms with Crippen molar-refractivity contribution in [3.05, 3.63) is 70.3 Å². The van der Waals surface area contributed by atoms with Crippen molar-refractivity contribution in [3.8, 4) is 5.75 Å². The Morgan fingerprint density at radius 2 is 1.74 bits per heavy atom. The molecule has 1 unspecified atom stereocenters. The highest BCUT2D eigenvalue weighted by atomic mass is 35.5. The van der Waals surface area contributed by atoms with E-state index in [-0.39, 0.29) is 30.2 Å². The summed E-state index contributed by atoms with van der Waals surface area (Å²) >= 11 is 5.88. The molecule has 1 fully saturated rings. The molecular weight excluding hydrogens is 370 g/mol. The van der Waals surface area contributed by atoms with E-state index < -0.39 is 17.7 Å². The van der Waals surface area contributed by atoms with Crippen LogP contribution in [-0.4, -0.2) is 47.1 Å². The number of phenols is 1. The van der Waals surface area contributed by atoms with Gasteiger partial charge in [0.1, 0.15) is 11.5 Å². The normalized spacial score (nSPS) is 18.9. The van der Waals surface area contributed by atoms with Crippen LogP contribution in [0.15, 0.2) is 54.1 Å². The second kappa shape index (κ2) is 7.82. The number of benzene rings is 2. The lowest BCUT2D eigenvalue weighted by molar-refractivity contribution is -0.140. The molecule has 7 heteroatoms. The van der Waals surface area contributed by atoms with E-state index in [0.29, 0.717) is 16.1 Å². The lowest BCUT2D eigenvalue weighted by Gasteiger charge is -2.25. The number of rotatable bonds is 5. The Balaban J connectivity index is 2.14. The van der Waals surface area contributed by atoms with Crippen LogP contribution in [-0.2, 0) is 14.3 Å². The predicted octanol–water partition coefficient (Wildman–Crippen LogP) is 3.11. The average molecular weight is 388 g/mol. The first-order valence-corrected chi connectivity index (χ1v) is 8.64. The number of carbonyl (C=O) groups is 2. The Morgan fingerprint density at radius 3 is 2.33 bits per heavy atom. The molecule has 140 valence electrons. The Labute approximate surface area is 161 Å². The fourth-order valence-electron chi connectivity index (χ4n) is 3.07. The molecule has 0 bridgehead atoms. The van der Waals surface area contributed by atoms with Crippen molar-refractivity contribution in [2.75, 3.05) is 20.3 Å². The first-order chi connectivity index (χ1) is 12.9. The van der Waals surface area contributed by atoms with E-state index in [2.05, 4.69) is 0 Å². The molecular formula is C20H18ClNO5. The molecule has 2 aromatic rings. The Hall–Kier alpha value is -2.83. The minimum absolute atomic E-state index is 0.0101. The number of ketones is 1. The molecule has 0 spiro atoms. The van der Waals surface area contributed by atoms with Crippen LogP contribution in [0.4, 0.5) is 0 Å². The van der Waals surface area contributed by atoms with Gasteiger partial charge in [-0.05, 0) is 42.0 Å². The summed E-state index contributed by atoms with van der Waals surface area (Å²) in [5, 5.41) is 20.8. The largest absolute Gasteiger partial charge is 0.508 e. The number of phenolic OH excluding ortho intramolecular Hbond substituents is 1. The number of aliphatic hydroxyl groups excluding tert-OH is 1. The van der Waals surface area contributed by atoms with Crippen molar-refractivity contribution >= 4 is 29.1 Å². The van der Waals surface area contributed by atoms with E-state index in [1.165, 1.54) is 24.1 Å². The number of Topliss-reactive ketones (excluding diaryl/α,β-unsaturated/α-hetero) is 1. The smallest absolute Gasteiger partial charge is 0.295 e. The van der Waals surface area contributed by atoms with E-state index in [9.17, 15) is 19.8 Å². The van der Waals surface area contributed by atoms with Crippen LogP contribution < -0.4 is 0 Å². The quantitative estimate of drug-likeness (QED) is 0.467. The highest BCUT2D eigenvalue weighted by molar-refractivity contribution is 6.46. The lowest BCUT2D eigenvalue weighted by atomic mass is 9.95. The van der Waals surface area contributed by atoms with Crippen LogP contribution in [0, 0.1) is 0 Å². The van der Waals surface area contributed by atoms with Gasteiger partial charge in [-0.3, -0.25) is 9.59 Å². The first kappa shape index (κ1) is 18.9. The van der Waals surface area contributed by atoms with Crippen molar-refractivity contribution in [3.63, 3.8) is 0 Å². The van der Waals surface area contributed by atoms with Gasteiger partial charge in [0, 0.05) is 24.2 Å². The predicted molar refractivity (Wildman–Crippen MR) is 100 cm³/mol. The van der Waals surface area contributed by atoms with Crippen LogP contribution in [0.5, 0.6) is 5.75 Å². The van der Waals surface area contributed by atoms with Crippen molar-refractivity contribution in [2.24, 2.45) is 0 Å². The number of methoxy groups -OCH3 is 1. The summed E-state index contributed by atoms with van der Waals surface area (Å²) in [6.45, 7) is 0.423. The Morgan fingerprint density at radius 1 is 1.11 bits per heavy atom. The molecule has 1 aliphatic heterocycles. The summed E-state index contributed by atoms with van der Waals surface area (Å²) in [6.07, 6.45) is 0. The zero-order valence-corrected chi connectivity index (χ0v) is 15.3. The standard InChI is InChI=1S/C20H18ClNO5/c1-27-11-10-22-17(12-4-8-15(23)9-5-12)16(19(25)20(22)26)18(24)13-2-6-14(21)7-3-13/h2-9,17,23-24H,10-11H2,1H3. The summed E-state index contributed by atoms with van der Waals surface area (Å²) < 4.78 is 5.05. The van der Waals surface area contributed by atoms with Crippen molar-refractivity contribution in [2.45, 2.75) is 6.04 Å². The van der Waals surface area contributed by atoms with Crippen molar-refractivity contribution in [1.29, 1.82) is 0 Å². The summed E-state index contributed by atoms with van der Waals surface area (Å²) in [4.78, 5) is 26.6. The average Bonchev–Trinajstić information content (AvgIpc) is 2.91. The molecule has 0 radical (unpaired) electrons. The number of halogens is 1. The lowest BCUT2D eigenvalue weighted by Crippen LogP contribution is -2.32. The van der Waals surface area contributed by atoms with E-state index >= 15 is 0 Å². The molecule has 1 saturated heterocycles. The summed E-state index contributed by atoms with van der Waals surface area (Å²) in [5.41, 5.74) is 0.968. The fraction of sp³-hybridized carbons (Fsp3) is 0.200. The van der Waals surface area contributed by atoms with Gasteiger partial charge in [0.05, 0.1) is 18.2 Å². The molecule has 3 rings (SSSR count). The van der Waals surface area contributed by atoms with Gasteiger partial charge < -0.3 is 19.8 Å². The molecule has 0 aliphatic carbocycles. The van der Waals surface area contributed by atoms with Gasteiger partial charge in [0.15, 0.2) is 0 Å². The number of amides is 1. The molecule has 2 aromatic carbocycles. The third-order valence-corrected chi connectivity index (χ3v) is 4.65. The van der Waals surface area contributed by atoms with E-state index in [0.717, 1.165) is 0 Å². The van der Waals surface area contributed by atoms with Gasteiger partial charge in [-0.2, -0.15) is 0 Å². The Kier molecular flexibility index (Phi) is 5.48. The van der Waals surface area contributed by atoms with Gasteiger partial charge >= 0.3 is 0 Å². The fourth-order valence-corrected chi connectivity index (χ4v) is 3.19. The van der Waals surface area contributed by atoms with Gasteiger partial charge in [0.2, 0.25) is 0 Å². The molecule has 1 heterocycles. The molecule has 1 amide bonds. The molecule has 1 atom stereocenters. The highest BCUT2D eigenvalue weighted by Gasteiger charge is 2.45. The van der Waals surface area contributed by atoms with Crippen molar-refractivity contribution < 1.29 is 24.5 Å². The number of aliphatic hydroxyl groups is 1. The maximum absolute atomic E-state index is 12.7. The minimum atomic E-state index is -0.781. The van der Waals surface area contributed by atoms with Crippen LogP contribution in [0.3, 0.4) is 0 Å². The summed E-state index contributed by atoms with van der Waals surface area (Å²) in [5.74, 6) is -1.69. The SMILES string of the molecule is COCCN1C(=O)C(=O)C(=C(O)c2ccc(Cl)cc2)C1c1ccc(O)cc1. The highest BCUT2D eigenvalue weighted by Crippen LogP contribution is 2.39. The summed E-state index contributed by atoms with van der Waals surface area (Å²) in [7, 11) is 1.50. The van der Waals surface area contributed by atoms with Crippen LogP contribution in [0.1, 0.15) is 17.2 Å². The third-order valence-electron chi connectivity index (χ3n) is 4.40. The van der Waals surface area contributed by atoms with E-state index in [4.69, 9.17) is 16.3 Å². The van der Waals surface area contributed by atoms with Crippen LogP contribution >= 0.6 is 11.6 Å². The number of hydrogen-bond donors (Lipinski definition) is 2. The molecule has 1 aliphatic rings. The topological polar surface area (TPSA) is 87.1 Å². The number of aromatic hydroxyl groups is 1. The molecule has 0 aromatic heterocycles. The van der Waals surface area contributed by atoms with Crippen molar-refractivity contribution in [1.82, 2.24) is 4.90 Å². The monoisotopic (exact) mass is 387 g/mol. The van der Waals surface area contributed by atoms with Gasteiger partial charge in [0.25, 0.3) is 11.7 Å². The van der Waals surface area contributed by atoms with E-state index in [1.807, 2.05) is 0 Å². The number of hydrogen-bond acceptors (Lipinski definition) is 5. The maximum Gasteiger partial charge on any atom is 0.295 e. The molecule has 6 nitrogen and oxygen atoms in total. The molecule has 2 N–H and O–H groups in total. The van der Waals surface area contributed by atoms with Gasteiger partial charge in [-0.25, -0.2) is 0 Å². The number of likely N-dealkylation sites (tertiary alicyclic amines) is 1. The second-order valence-electron chi connectivity index (χ2n) is 6.08. The molecule has 27 heavy (non-hydrogen) atoms. The number of nitrogens with zero attached hydrogens (tertiary/aromatic N) is 1. The first-order valence-electron chi connectivity index (χ1n) is 8.26. The second-order valence-corrected chi connectivity index (χ2v) is 6.52. The maximum atomic E-state index is 12.7.